The van der Waals surface area contributed by atoms with Gasteiger partial charge >= 0.3 is 0 Å². The standard InChI is InChI=1S/C13H21N3/c1-12-3-7-14-6-2-10-16(12)11-13-4-8-15-9-5-13/h4-5,8-9,12,14H,2-3,6-7,10-11H2,1H3. The molecular formula is C13H21N3. The van der Waals surface area contributed by atoms with Gasteiger partial charge in [-0.1, -0.05) is 0 Å². The van der Waals surface area contributed by atoms with Crippen LogP contribution in [0, 0.1) is 0 Å². The maximum atomic E-state index is 4.06. The fourth-order valence-electron chi connectivity index (χ4n) is 2.20. The van der Waals surface area contributed by atoms with Gasteiger partial charge < -0.3 is 5.32 Å². The van der Waals surface area contributed by atoms with Crippen molar-refractivity contribution >= 4 is 0 Å². The molecule has 0 aromatic carbocycles. The van der Waals surface area contributed by atoms with Gasteiger partial charge in [0.15, 0.2) is 0 Å². The molecule has 1 atom stereocenters. The zero-order valence-electron chi connectivity index (χ0n) is 10.0. The van der Waals surface area contributed by atoms with Crippen molar-refractivity contribution in [3.05, 3.63) is 30.1 Å². The average Bonchev–Trinajstić information content (AvgIpc) is 2.30. The molecule has 1 aromatic heterocycles. The summed E-state index contributed by atoms with van der Waals surface area (Å²) >= 11 is 0. The lowest BCUT2D eigenvalue weighted by atomic mass is 10.1. The van der Waals surface area contributed by atoms with Crippen LogP contribution in [0.1, 0.15) is 25.3 Å². The number of nitrogens with zero attached hydrogens (tertiary/aromatic N) is 2. The molecule has 3 nitrogen and oxygen atoms in total. The van der Waals surface area contributed by atoms with Crippen LogP contribution in [0.25, 0.3) is 0 Å². The molecule has 2 heterocycles. The Morgan fingerprint density at radius 1 is 1.38 bits per heavy atom. The van der Waals surface area contributed by atoms with E-state index in [1.807, 2.05) is 12.4 Å². The Bertz CT molecular complexity index is 299. The van der Waals surface area contributed by atoms with Crippen LogP contribution < -0.4 is 5.32 Å². The first-order chi connectivity index (χ1) is 7.86. The van der Waals surface area contributed by atoms with Crippen molar-refractivity contribution in [2.75, 3.05) is 19.6 Å². The van der Waals surface area contributed by atoms with Crippen molar-refractivity contribution in [1.29, 1.82) is 0 Å². The van der Waals surface area contributed by atoms with Crippen molar-refractivity contribution in [3.8, 4) is 0 Å². The largest absolute Gasteiger partial charge is 0.317 e. The van der Waals surface area contributed by atoms with Crippen LogP contribution in [-0.4, -0.2) is 35.6 Å². The zero-order chi connectivity index (χ0) is 11.2. The number of nitrogens with one attached hydrogen (secondary N) is 1. The lowest BCUT2D eigenvalue weighted by Gasteiger charge is -2.31. The normalized spacial score (nSPS) is 23.7. The van der Waals surface area contributed by atoms with Gasteiger partial charge in [0.25, 0.3) is 0 Å². The number of aromatic nitrogens is 1. The summed E-state index contributed by atoms with van der Waals surface area (Å²) in [4.78, 5) is 6.64. The summed E-state index contributed by atoms with van der Waals surface area (Å²) in [5.74, 6) is 0. The minimum Gasteiger partial charge on any atom is -0.317 e. The van der Waals surface area contributed by atoms with Crippen LogP contribution in [-0.2, 0) is 6.54 Å². The van der Waals surface area contributed by atoms with Crippen molar-refractivity contribution in [2.45, 2.75) is 32.4 Å². The first-order valence-electron chi connectivity index (χ1n) is 6.20. The Balaban J connectivity index is 1.95. The zero-order valence-corrected chi connectivity index (χ0v) is 10.0. The van der Waals surface area contributed by atoms with Crippen LogP contribution in [0.15, 0.2) is 24.5 Å². The third kappa shape index (κ3) is 3.29. The fourth-order valence-corrected chi connectivity index (χ4v) is 2.20. The molecule has 1 fully saturated rings. The van der Waals surface area contributed by atoms with Gasteiger partial charge in [0.05, 0.1) is 0 Å². The van der Waals surface area contributed by atoms with Crippen molar-refractivity contribution in [3.63, 3.8) is 0 Å². The predicted octanol–water partition coefficient (Wildman–Crippen LogP) is 1.66. The molecule has 2 rings (SSSR count). The van der Waals surface area contributed by atoms with E-state index in [0.717, 1.165) is 19.6 Å². The van der Waals surface area contributed by atoms with Crippen LogP contribution in [0.2, 0.25) is 0 Å². The second-order valence-electron chi connectivity index (χ2n) is 4.57. The minimum absolute atomic E-state index is 0.668. The molecular weight excluding hydrogens is 198 g/mol. The molecule has 1 aromatic rings. The number of rotatable bonds is 2. The molecule has 3 heteroatoms. The monoisotopic (exact) mass is 219 g/mol. The molecule has 0 spiro atoms. The lowest BCUT2D eigenvalue weighted by molar-refractivity contribution is 0.177. The van der Waals surface area contributed by atoms with Gasteiger partial charge in [0.2, 0.25) is 0 Å². The molecule has 1 aliphatic heterocycles. The summed E-state index contributed by atoms with van der Waals surface area (Å²) in [5.41, 5.74) is 1.37. The SMILES string of the molecule is CC1CCNCCCN1Cc1ccncc1. The summed E-state index contributed by atoms with van der Waals surface area (Å²) < 4.78 is 0. The molecule has 16 heavy (non-hydrogen) atoms. The Morgan fingerprint density at radius 3 is 3.00 bits per heavy atom. The van der Waals surface area contributed by atoms with Crippen molar-refractivity contribution in [2.24, 2.45) is 0 Å². The van der Waals surface area contributed by atoms with Crippen LogP contribution in [0.3, 0.4) is 0 Å². The van der Waals surface area contributed by atoms with E-state index in [2.05, 4.69) is 34.3 Å². The second-order valence-corrected chi connectivity index (χ2v) is 4.57. The van der Waals surface area contributed by atoms with Gasteiger partial charge in [0, 0.05) is 25.0 Å². The molecule has 1 saturated heterocycles. The first kappa shape index (κ1) is 11.6. The maximum Gasteiger partial charge on any atom is 0.0271 e. The number of hydrogen-bond donors (Lipinski definition) is 1. The molecule has 0 bridgehead atoms. The Morgan fingerprint density at radius 2 is 2.19 bits per heavy atom. The van der Waals surface area contributed by atoms with E-state index in [9.17, 15) is 0 Å². The van der Waals surface area contributed by atoms with Gasteiger partial charge in [-0.3, -0.25) is 9.88 Å². The Hall–Kier alpha value is -0.930. The molecule has 0 radical (unpaired) electrons. The molecule has 0 aliphatic carbocycles. The van der Waals surface area contributed by atoms with Crippen LogP contribution in [0.4, 0.5) is 0 Å². The summed E-state index contributed by atoms with van der Waals surface area (Å²) in [6, 6.07) is 4.90. The second kappa shape index (κ2) is 5.97. The first-order valence-corrected chi connectivity index (χ1v) is 6.20. The van der Waals surface area contributed by atoms with Gasteiger partial charge in [0.1, 0.15) is 0 Å². The van der Waals surface area contributed by atoms with E-state index in [4.69, 9.17) is 0 Å². The smallest absolute Gasteiger partial charge is 0.0271 e. The van der Waals surface area contributed by atoms with Gasteiger partial charge in [-0.2, -0.15) is 0 Å². The summed E-state index contributed by atoms with van der Waals surface area (Å²) in [6.45, 7) is 6.88. The molecule has 88 valence electrons. The lowest BCUT2D eigenvalue weighted by Crippen LogP contribution is -2.39. The fraction of sp³-hybridized carbons (Fsp3) is 0.615. The molecule has 1 N–H and O–H groups in total. The van der Waals surface area contributed by atoms with Crippen molar-refractivity contribution in [1.82, 2.24) is 15.2 Å². The summed E-state index contributed by atoms with van der Waals surface area (Å²) in [6.07, 6.45) is 6.25. The molecule has 0 saturated carbocycles. The van der Waals surface area contributed by atoms with E-state index in [0.29, 0.717) is 6.04 Å². The number of pyridine rings is 1. The quantitative estimate of drug-likeness (QED) is 0.820. The third-order valence-electron chi connectivity index (χ3n) is 3.30. The van der Waals surface area contributed by atoms with Crippen molar-refractivity contribution < 1.29 is 0 Å². The highest BCUT2D eigenvalue weighted by Gasteiger charge is 2.15. The highest BCUT2D eigenvalue weighted by molar-refractivity contribution is 5.09. The van der Waals surface area contributed by atoms with Crippen LogP contribution >= 0.6 is 0 Å². The molecule has 1 unspecified atom stereocenters. The summed E-state index contributed by atoms with van der Waals surface area (Å²) in [7, 11) is 0. The van der Waals surface area contributed by atoms with E-state index < -0.39 is 0 Å². The van der Waals surface area contributed by atoms with Gasteiger partial charge in [-0.05, 0) is 57.1 Å². The minimum atomic E-state index is 0.668. The van der Waals surface area contributed by atoms with Gasteiger partial charge in [-0.15, -0.1) is 0 Å². The van der Waals surface area contributed by atoms with Gasteiger partial charge in [-0.25, -0.2) is 0 Å². The number of hydrogen-bond acceptors (Lipinski definition) is 3. The molecule has 0 amide bonds. The third-order valence-corrected chi connectivity index (χ3v) is 3.30. The Kier molecular flexibility index (Phi) is 4.31. The molecule has 1 aliphatic rings. The van der Waals surface area contributed by atoms with E-state index >= 15 is 0 Å². The Labute approximate surface area is 97.9 Å². The van der Waals surface area contributed by atoms with E-state index in [-0.39, 0.29) is 0 Å². The van der Waals surface area contributed by atoms with E-state index in [1.54, 1.807) is 0 Å². The average molecular weight is 219 g/mol. The topological polar surface area (TPSA) is 28.2 Å². The predicted molar refractivity (Wildman–Crippen MR) is 66.2 cm³/mol. The van der Waals surface area contributed by atoms with E-state index in [1.165, 1.54) is 24.9 Å². The van der Waals surface area contributed by atoms with Crippen LogP contribution in [0.5, 0.6) is 0 Å². The summed E-state index contributed by atoms with van der Waals surface area (Å²) in [5, 5.41) is 3.47. The highest BCUT2D eigenvalue weighted by Crippen LogP contribution is 2.11. The highest BCUT2D eigenvalue weighted by atomic mass is 15.2. The maximum absolute atomic E-state index is 4.06.